The largest absolute Gasteiger partial charge is 0.481 e. The number of carboxylic acid groups (broad SMARTS) is 1. The molecule has 2 rings (SSSR count). The first kappa shape index (κ1) is 22.6. The van der Waals surface area contributed by atoms with Crippen LogP contribution in [0.4, 0.5) is 13.6 Å². The van der Waals surface area contributed by atoms with Crippen LogP contribution in [0.3, 0.4) is 0 Å². The van der Waals surface area contributed by atoms with Crippen molar-refractivity contribution in [3.8, 4) is 0 Å². The number of rotatable bonds is 11. The van der Waals surface area contributed by atoms with Crippen molar-refractivity contribution in [1.82, 2.24) is 4.90 Å². The number of allylic oxidation sites excluding steroid dienone is 3. The van der Waals surface area contributed by atoms with E-state index < -0.39 is 18.0 Å². The molecule has 1 aliphatic heterocycles. The highest BCUT2D eigenvalue weighted by atomic mass is 32.2. The lowest BCUT2D eigenvalue weighted by atomic mass is 9.98. The van der Waals surface area contributed by atoms with Gasteiger partial charge in [0.25, 0.3) is 11.2 Å². The van der Waals surface area contributed by atoms with Crippen molar-refractivity contribution in [2.45, 2.75) is 43.8 Å². The van der Waals surface area contributed by atoms with Crippen molar-refractivity contribution >= 4 is 23.0 Å². The lowest BCUT2D eigenvalue weighted by Gasteiger charge is -2.21. The van der Waals surface area contributed by atoms with E-state index in [2.05, 4.69) is 0 Å². The molecule has 1 fully saturated rings. The fraction of sp³-hybridized carbons (Fsp3) is 0.579. The van der Waals surface area contributed by atoms with E-state index in [-0.39, 0.29) is 17.7 Å². The van der Waals surface area contributed by atoms with E-state index >= 15 is 0 Å². The van der Waals surface area contributed by atoms with Crippen LogP contribution in [0.5, 0.6) is 0 Å². The maximum atomic E-state index is 13.2. The summed E-state index contributed by atoms with van der Waals surface area (Å²) in [5.74, 6) is -3.43. The molecule has 0 aromatic carbocycles. The zero-order valence-electron chi connectivity index (χ0n) is 15.4. The van der Waals surface area contributed by atoms with Crippen LogP contribution in [0.2, 0.25) is 0 Å². The average Bonchev–Trinajstić information content (AvgIpc) is 2.98. The minimum Gasteiger partial charge on any atom is -0.481 e. The molecule has 0 radical (unpaired) electrons. The fourth-order valence-electron chi connectivity index (χ4n) is 2.83. The van der Waals surface area contributed by atoms with Gasteiger partial charge in [-0.2, -0.15) is 8.78 Å². The number of carboxylic acids is 1. The Morgan fingerprint density at radius 3 is 2.93 bits per heavy atom. The zero-order chi connectivity index (χ0) is 20.6. The Bertz CT molecular complexity index is 650. The Labute approximate surface area is 166 Å². The van der Waals surface area contributed by atoms with Gasteiger partial charge in [0.05, 0.1) is 12.6 Å². The van der Waals surface area contributed by atoms with Gasteiger partial charge < -0.3 is 19.8 Å². The molecule has 6 nitrogen and oxygen atoms in total. The number of nitrogens with zero attached hydrogens (tertiary/aromatic N) is 1. The molecule has 2 atom stereocenters. The fourth-order valence-corrected chi connectivity index (χ4v) is 3.82. The highest BCUT2D eigenvalue weighted by Gasteiger charge is 2.36. The third-order valence-electron chi connectivity index (χ3n) is 4.41. The number of thioether (sulfide) groups is 1. The molecule has 0 spiro atoms. The van der Waals surface area contributed by atoms with Gasteiger partial charge in [-0.25, -0.2) is 0 Å². The average molecular weight is 417 g/mol. The van der Waals surface area contributed by atoms with Gasteiger partial charge in [0, 0.05) is 25.3 Å². The number of hydrogen-bond donors (Lipinski definition) is 2. The van der Waals surface area contributed by atoms with E-state index in [1.807, 2.05) is 12.2 Å². The molecular formula is C19H25F2NO5S. The predicted octanol–water partition coefficient (Wildman–Crippen LogP) is 3.23. The summed E-state index contributed by atoms with van der Waals surface area (Å²) >= 11 is 1.24. The van der Waals surface area contributed by atoms with Crippen LogP contribution in [-0.4, -0.2) is 69.9 Å². The number of aliphatic hydroxyl groups is 1. The molecule has 2 N–H and O–H groups in total. The Morgan fingerprint density at radius 2 is 2.21 bits per heavy atom. The number of alkyl halides is 2. The van der Waals surface area contributed by atoms with Crippen LogP contribution in [0, 0.1) is 0 Å². The van der Waals surface area contributed by atoms with Crippen molar-refractivity contribution in [3.05, 3.63) is 36.0 Å². The van der Waals surface area contributed by atoms with Crippen molar-refractivity contribution in [1.29, 1.82) is 0 Å². The van der Waals surface area contributed by atoms with Gasteiger partial charge in [0.2, 0.25) is 0 Å². The van der Waals surface area contributed by atoms with Crippen LogP contribution in [0.15, 0.2) is 36.0 Å². The van der Waals surface area contributed by atoms with E-state index in [0.29, 0.717) is 50.3 Å². The summed E-state index contributed by atoms with van der Waals surface area (Å²) in [4.78, 5) is 24.1. The minimum atomic E-state index is -3.21. The van der Waals surface area contributed by atoms with E-state index in [1.54, 1.807) is 4.90 Å². The number of aliphatic carboxylic acids is 1. The van der Waals surface area contributed by atoms with E-state index in [1.165, 1.54) is 23.9 Å². The summed E-state index contributed by atoms with van der Waals surface area (Å²) in [6.45, 7) is 1.12. The van der Waals surface area contributed by atoms with Crippen molar-refractivity contribution in [2.75, 3.05) is 25.5 Å². The monoisotopic (exact) mass is 417 g/mol. The molecule has 0 aromatic rings. The highest BCUT2D eigenvalue weighted by Crippen LogP contribution is 2.29. The molecule has 1 saturated heterocycles. The minimum absolute atomic E-state index is 0.0212. The first-order valence-corrected chi connectivity index (χ1v) is 10.1. The van der Waals surface area contributed by atoms with Crippen LogP contribution < -0.4 is 0 Å². The van der Waals surface area contributed by atoms with E-state index in [9.17, 15) is 23.5 Å². The maximum absolute atomic E-state index is 13.2. The van der Waals surface area contributed by atoms with Gasteiger partial charge in [-0.15, -0.1) is 0 Å². The second-order valence-corrected chi connectivity index (χ2v) is 7.58. The quantitative estimate of drug-likeness (QED) is 0.397. The predicted molar refractivity (Wildman–Crippen MR) is 103 cm³/mol. The molecule has 1 amide bonds. The van der Waals surface area contributed by atoms with Crippen molar-refractivity contribution in [2.24, 2.45) is 0 Å². The molecule has 156 valence electrons. The summed E-state index contributed by atoms with van der Waals surface area (Å²) in [7, 11) is 0. The highest BCUT2D eigenvalue weighted by molar-refractivity contribution is 8.13. The summed E-state index contributed by atoms with van der Waals surface area (Å²) in [5, 5.41) is 17.9. The second kappa shape index (κ2) is 10.7. The number of aliphatic hydroxyl groups excluding tert-OH is 1. The summed E-state index contributed by atoms with van der Waals surface area (Å²) in [6.07, 6.45) is 6.94. The lowest BCUT2D eigenvalue weighted by Crippen LogP contribution is -2.34. The Hall–Kier alpha value is -1.71. The Kier molecular flexibility index (Phi) is 8.65. The molecule has 1 heterocycles. The Balaban J connectivity index is 1.71. The van der Waals surface area contributed by atoms with Gasteiger partial charge in [-0.1, -0.05) is 30.0 Å². The number of amides is 1. The molecule has 2 aliphatic rings. The van der Waals surface area contributed by atoms with Gasteiger partial charge in [0.1, 0.15) is 6.10 Å². The SMILES string of the molecule is O=C(O)CCCOCCN1C(=O)SCC1/C=C/CCC1=CC(O)C(F)(F)C=C1. The smallest absolute Gasteiger partial charge is 0.303 e. The normalized spacial score (nSPS) is 24.2. The molecular weight excluding hydrogens is 392 g/mol. The molecule has 0 aromatic heterocycles. The molecule has 28 heavy (non-hydrogen) atoms. The topological polar surface area (TPSA) is 87.1 Å². The van der Waals surface area contributed by atoms with Crippen LogP contribution >= 0.6 is 11.8 Å². The Morgan fingerprint density at radius 1 is 1.43 bits per heavy atom. The van der Waals surface area contributed by atoms with Gasteiger partial charge in [-0.05, 0) is 37.0 Å². The first-order valence-electron chi connectivity index (χ1n) is 9.15. The van der Waals surface area contributed by atoms with Crippen LogP contribution in [0.1, 0.15) is 25.7 Å². The number of halogens is 2. The van der Waals surface area contributed by atoms with Crippen LogP contribution in [0.25, 0.3) is 0 Å². The zero-order valence-corrected chi connectivity index (χ0v) is 16.2. The van der Waals surface area contributed by atoms with Crippen LogP contribution in [-0.2, 0) is 9.53 Å². The maximum Gasteiger partial charge on any atom is 0.303 e. The molecule has 9 heteroatoms. The van der Waals surface area contributed by atoms with Crippen molar-refractivity contribution < 1.29 is 33.3 Å². The van der Waals surface area contributed by atoms with E-state index in [0.717, 1.165) is 6.08 Å². The van der Waals surface area contributed by atoms with Gasteiger partial charge in [0.15, 0.2) is 0 Å². The summed E-state index contributed by atoms with van der Waals surface area (Å²) in [5.41, 5.74) is 0.659. The number of carbonyl (C=O) groups is 2. The van der Waals surface area contributed by atoms with Gasteiger partial charge in [-0.3, -0.25) is 9.59 Å². The summed E-state index contributed by atoms with van der Waals surface area (Å²) < 4.78 is 31.7. The van der Waals surface area contributed by atoms with E-state index in [4.69, 9.17) is 9.84 Å². The molecule has 2 unspecified atom stereocenters. The van der Waals surface area contributed by atoms with Crippen molar-refractivity contribution in [3.63, 3.8) is 0 Å². The van der Waals surface area contributed by atoms with Gasteiger partial charge >= 0.3 is 5.97 Å². The molecule has 1 aliphatic carbocycles. The second-order valence-electron chi connectivity index (χ2n) is 6.61. The third-order valence-corrected chi connectivity index (χ3v) is 5.40. The summed E-state index contributed by atoms with van der Waals surface area (Å²) in [6, 6.07) is -0.0501. The lowest BCUT2D eigenvalue weighted by molar-refractivity contribution is -0.137. The standard InChI is InChI=1S/C19H25F2NO5S/c20-19(21)8-7-14(12-16(19)23)4-1-2-5-15-13-28-18(26)22(15)9-11-27-10-3-6-17(24)25/h2,5,7-8,12,15-16,23H,1,3-4,6,9-11,13H2,(H,24,25)/b5-2+. The number of ether oxygens (including phenoxy) is 1. The third kappa shape index (κ3) is 7.03. The first-order chi connectivity index (χ1) is 13.3. The number of carbonyl (C=O) groups excluding carboxylic acids is 1. The molecule has 0 bridgehead atoms. The molecule has 0 saturated carbocycles. The number of hydrogen-bond acceptors (Lipinski definition) is 5.